The molecule has 0 aliphatic heterocycles. The standard InChI is InChI=1S/C15H26O4/c1-13(2)5-4-6-14(3)12(13)11(18)7-10(8-16)15(14,19)9-17/h7,11-12,16-19H,4-6,8-9H2,1-3H3/t11-,12+,14+,15+/m0/s1. The summed E-state index contributed by atoms with van der Waals surface area (Å²) in [6, 6.07) is 0. The summed E-state index contributed by atoms with van der Waals surface area (Å²) in [4.78, 5) is 0. The van der Waals surface area contributed by atoms with E-state index in [9.17, 15) is 20.4 Å². The van der Waals surface area contributed by atoms with Gasteiger partial charge in [0.2, 0.25) is 0 Å². The molecule has 0 bridgehead atoms. The average molecular weight is 270 g/mol. The lowest BCUT2D eigenvalue weighted by Crippen LogP contribution is -2.64. The Kier molecular flexibility index (Phi) is 3.59. The second-order valence-electron chi connectivity index (χ2n) is 7.10. The van der Waals surface area contributed by atoms with Crippen LogP contribution >= 0.6 is 0 Å². The Morgan fingerprint density at radius 1 is 1.21 bits per heavy atom. The number of aliphatic hydroxyl groups is 4. The maximum Gasteiger partial charge on any atom is 0.117 e. The molecule has 0 unspecified atom stereocenters. The lowest BCUT2D eigenvalue weighted by Gasteiger charge is -2.61. The summed E-state index contributed by atoms with van der Waals surface area (Å²) >= 11 is 0. The summed E-state index contributed by atoms with van der Waals surface area (Å²) in [7, 11) is 0. The van der Waals surface area contributed by atoms with E-state index in [1.165, 1.54) is 6.08 Å². The van der Waals surface area contributed by atoms with Crippen LogP contribution in [0.15, 0.2) is 11.6 Å². The molecule has 2 rings (SSSR count). The van der Waals surface area contributed by atoms with Crippen LogP contribution in [0.2, 0.25) is 0 Å². The number of fused-ring (bicyclic) bond motifs is 1. The Labute approximate surface area is 114 Å². The predicted molar refractivity (Wildman–Crippen MR) is 72.4 cm³/mol. The molecule has 0 saturated heterocycles. The molecule has 110 valence electrons. The van der Waals surface area contributed by atoms with E-state index in [2.05, 4.69) is 13.8 Å². The van der Waals surface area contributed by atoms with E-state index in [0.29, 0.717) is 5.57 Å². The van der Waals surface area contributed by atoms with Crippen LogP contribution in [0.1, 0.15) is 40.0 Å². The molecule has 4 heteroatoms. The van der Waals surface area contributed by atoms with Gasteiger partial charge >= 0.3 is 0 Å². The highest BCUT2D eigenvalue weighted by atomic mass is 16.3. The first-order chi connectivity index (χ1) is 8.73. The van der Waals surface area contributed by atoms with Crippen LogP contribution in [-0.4, -0.2) is 45.3 Å². The Bertz CT molecular complexity index is 390. The maximum atomic E-state index is 11.0. The summed E-state index contributed by atoms with van der Waals surface area (Å²) in [5.41, 5.74) is -1.81. The zero-order chi connectivity index (χ0) is 14.5. The predicted octanol–water partition coefficient (Wildman–Crippen LogP) is 0.836. The van der Waals surface area contributed by atoms with Crippen LogP contribution < -0.4 is 0 Å². The second-order valence-corrected chi connectivity index (χ2v) is 7.10. The van der Waals surface area contributed by atoms with Crippen LogP contribution in [-0.2, 0) is 0 Å². The van der Waals surface area contributed by atoms with Gasteiger partial charge in [0.05, 0.1) is 19.3 Å². The van der Waals surface area contributed by atoms with Crippen molar-refractivity contribution in [3.8, 4) is 0 Å². The van der Waals surface area contributed by atoms with Crippen molar-refractivity contribution in [2.45, 2.75) is 51.7 Å². The molecule has 2 aliphatic rings. The molecule has 0 radical (unpaired) electrons. The van der Waals surface area contributed by atoms with Crippen LogP contribution in [0, 0.1) is 16.7 Å². The van der Waals surface area contributed by atoms with Crippen LogP contribution in [0.5, 0.6) is 0 Å². The van der Waals surface area contributed by atoms with Crippen molar-refractivity contribution >= 4 is 0 Å². The quantitative estimate of drug-likeness (QED) is 0.560. The Morgan fingerprint density at radius 3 is 2.37 bits per heavy atom. The van der Waals surface area contributed by atoms with Crippen LogP contribution in [0.4, 0.5) is 0 Å². The van der Waals surface area contributed by atoms with Crippen molar-refractivity contribution in [3.63, 3.8) is 0 Å². The first-order valence-electron chi connectivity index (χ1n) is 7.06. The number of hydrogen-bond donors (Lipinski definition) is 4. The lowest BCUT2D eigenvalue weighted by molar-refractivity contribution is -0.188. The molecule has 0 heterocycles. The van der Waals surface area contributed by atoms with E-state index in [4.69, 9.17) is 0 Å². The number of aliphatic hydroxyl groups excluding tert-OH is 3. The smallest absolute Gasteiger partial charge is 0.117 e. The SMILES string of the molecule is CC1(C)CCC[C@]2(C)[C@@H]1[C@@H](O)C=C(CO)[C@]2(O)CO. The van der Waals surface area contributed by atoms with E-state index in [1.807, 2.05) is 6.92 Å². The van der Waals surface area contributed by atoms with Gasteiger partial charge in [-0.05, 0) is 23.8 Å². The molecule has 1 saturated carbocycles. The van der Waals surface area contributed by atoms with Crippen molar-refractivity contribution < 1.29 is 20.4 Å². The highest BCUT2D eigenvalue weighted by Gasteiger charge is 2.62. The van der Waals surface area contributed by atoms with Gasteiger partial charge < -0.3 is 20.4 Å². The molecule has 0 spiro atoms. The van der Waals surface area contributed by atoms with Gasteiger partial charge in [0.25, 0.3) is 0 Å². The molecule has 2 aliphatic carbocycles. The Balaban J connectivity index is 2.59. The minimum absolute atomic E-state index is 0.104. The summed E-state index contributed by atoms with van der Waals surface area (Å²) in [5.74, 6) is -0.124. The average Bonchev–Trinajstić information content (AvgIpc) is 2.32. The first-order valence-corrected chi connectivity index (χ1v) is 7.06. The highest BCUT2D eigenvalue weighted by Crippen LogP contribution is 2.60. The van der Waals surface area contributed by atoms with E-state index < -0.39 is 23.7 Å². The molecule has 4 N–H and O–H groups in total. The van der Waals surface area contributed by atoms with Gasteiger partial charge in [-0.25, -0.2) is 0 Å². The van der Waals surface area contributed by atoms with Gasteiger partial charge in [0.1, 0.15) is 5.60 Å². The van der Waals surface area contributed by atoms with E-state index in [1.54, 1.807) is 0 Å². The minimum Gasteiger partial charge on any atom is -0.393 e. The lowest BCUT2D eigenvalue weighted by atomic mass is 9.46. The van der Waals surface area contributed by atoms with Crippen molar-refractivity contribution in [2.75, 3.05) is 13.2 Å². The fourth-order valence-corrected chi connectivity index (χ4v) is 4.66. The molecule has 1 fully saturated rings. The third-order valence-corrected chi connectivity index (χ3v) is 5.63. The number of hydrogen-bond acceptors (Lipinski definition) is 4. The van der Waals surface area contributed by atoms with Gasteiger partial charge in [-0.15, -0.1) is 0 Å². The minimum atomic E-state index is -1.44. The van der Waals surface area contributed by atoms with Gasteiger partial charge in [0, 0.05) is 11.3 Å². The third kappa shape index (κ3) is 1.88. The Hall–Kier alpha value is -0.420. The fraction of sp³-hybridized carbons (Fsp3) is 0.867. The highest BCUT2D eigenvalue weighted by molar-refractivity contribution is 5.31. The van der Waals surface area contributed by atoms with Crippen molar-refractivity contribution in [1.82, 2.24) is 0 Å². The third-order valence-electron chi connectivity index (χ3n) is 5.63. The molecular formula is C15H26O4. The van der Waals surface area contributed by atoms with E-state index in [0.717, 1.165) is 19.3 Å². The van der Waals surface area contributed by atoms with E-state index in [-0.39, 0.29) is 17.9 Å². The monoisotopic (exact) mass is 270 g/mol. The zero-order valence-corrected chi connectivity index (χ0v) is 12.1. The molecule has 0 aromatic heterocycles. The molecule has 0 aromatic rings. The normalized spacial score (nSPS) is 45.5. The Morgan fingerprint density at radius 2 is 1.84 bits per heavy atom. The van der Waals surface area contributed by atoms with Gasteiger partial charge in [-0.1, -0.05) is 33.3 Å². The molecular weight excluding hydrogens is 244 g/mol. The van der Waals surface area contributed by atoms with Gasteiger partial charge in [-0.3, -0.25) is 0 Å². The largest absolute Gasteiger partial charge is 0.393 e. The molecule has 4 nitrogen and oxygen atoms in total. The molecule has 0 aromatic carbocycles. The number of rotatable bonds is 2. The van der Waals surface area contributed by atoms with Crippen molar-refractivity contribution in [3.05, 3.63) is 11.6 Å². The van der Waals surface area contributed by atoms with Crippen LogP contribution in [0.3, 0.4) is 0 Å². The second kappa shape index (κ2) is 4.55. The van der Waals surface area contributed by atoms with Gasteiger partial charge in [-0.2, -0.15) is 0 Å². The topological polar surface area (TPSA) is 80.9 Å². The summed E-state index contributed by atoms with van der Waals surface area (Å²) < 4.78 is 0. The van der Waals surface area contributed by atoms with Crippen LogP contribution in [0.25, 0.3) is 0 Å². The van der Waals surface area contributed by atoms with Gasteiger partial charge in [0.15, 0.2) is 0 Å². The maximum absolute atomic E-state index is 11.0. The summed E-state index contributed by atoms with van der Waals surface area (Å²) in [5, 5.41) is 40.6. The molecule has 4 atom stereocenters. The molecule has 19 heavy (non-hydrogen) atoms. The van der Waals surface area contributed by atoms with E-state index >= 15 is 0 Å². The fourth-order valence-electron chi connectivity index (χ4n) is 4.66. The zero-order valence-electron chi connectivity index (χ0n) is 12.1. The van der Waals surface area contributed by atoms with Crippen molar-refractivity contribution in [1.29, 1.82) is 0 Å². The summed E-state index contributed by atoms with van der Waals surface area (Å²) in [6.07, 6.45) is 3.54. The first kappa shape index (κ1) is 15.0. The molecule has 0 amide bonds. The summed E-state index contributed by atoms with van der Waals surface area (Å²) in [6.45, 7) is 5.38. The van der Waals surface area contributed by atoms with Crippen molar-refractivity contribution in [2.24, 2.45) is 16.7 Å².